The minimum absolute atomic E-state index is 0.152. The van der Waals surface area contributed by atoms with Gasteiger partial charge in [0.05, 0.1) is 10.6 Å². The van der Waals surface area contributed by atoms with E-state index in [-0.39, 0.29) is 16.6 Å². The molecule has 11 heteroatoms. The Hall–Kier alpha value is -1.95. The standard InChI is InChI=1S/C18H23N5O3S3/c1-2-9-19-17-21-22-18(28-17)27-13-16(24)20-14-7-6-8-15(12-14)29(25,26)23-10-4-3-5-11-23/h2,6-8,12H,1,3-5,9-11,13H2,(H,19,21)(H,20,24). The van der Waals surface area contributed by atoms with Crippen molar-refractivity contribution in [2.75, 3.05) is 36.0 Å². The lowest BCUT2D eigenvalue weighted by Crippen LogP contribution is -2.35. The molecule has 29 heavy (non-hydrogen) atoms. The minimum Gasteiger partial charge on any atom is -0.357 e. The van der Waals surface area contributed by atoms with Crippen molar-refractivity contribution >= 4 is 49.8 Å². The Labute approximate surface area is 178 Å². The van der Waals surface area contributed by atoms with Crippen molar-refractivity contribution in [3.05, 3.63) is 36.9 Å². The first-order valence-electron chi connectivity index (χ1n) is 9.20. The first kappa shape index (κ1) is 21.8. The van der Waals surface area contributed by atoms with Crippen LogP contribution in [-0.4, -0.2) is 54.2 Å². The largest absolute Gasteiger partial charge is 0.357 e. The Morgan fingerprint density at radius 2 is 2.07 bits per heavy atom. The summed E-state index contributed by atoms with van der Waals surface area (Å²) >= 11 is 2.63. The van der Waals surface area contributed by atoms with E-state index < -0.39 is 10.0 Å². The van der Waals surface area contributed by atoms with Crippen LogP contribution < -0.4 is 10.6 Å². The second-order valence-electron chi connectivity index (χ2n) is 6.37. The van der Waals surface area contributed by atoms with Gasteiger partial charge >= 0.3 is 0 Å². The lowest BCUT2D eigenvalue weighted by atomic mass is 10.2. The summed E-state index contributed by atoms with van der Waals surface area (Å²) in [4.78, 5) is 12.5. The Bertz CT molecular complexity index is 955. The normalized spacial score (nSPS) is 15.0. The van der Waals surface area contributed by atoms with Crippen molar-refractivity contribution in [3.63, 3.8) is 0 Å². The van der Waals surface area contributed by atoms with Gasteiger partial charge in [0, 0.05) is 25.3 Å². The van der Waals surface area contributed by atoms with E-state index in [1.807, 2.05) is 0 Å². The molecular formula is C18H23N5O3S3. The third kappa shape index (κ3) is 6.01. The van der Waals surface area contributed by atoms with Crippen molar-refractivity contribution in [3.8, 4) is 0 Å². The van der Waals surface area contributed by atoms with Gasteiger partial charge in [-0.15, -0.1) is 16.8 Å². The molecule has 0 aliphatic carbocycles. The number of aromatic nitrogens is 2. The van der Waals surface area contributed by atoms with Crippen molar-refractivity contribution in [2.24, 2.45) is 0 Å². The van der Waals surface area contributed by atoms with Crippen LogP contribution in [0.15, 0.2) is 46.2 Å². The molecule has 0 spiro atoms. The fourth-order valence-corrected chi connectivity index (χ4v) is 5.93. The number of sulfonamides is 1. The zero-order valence-corrected chi connectivity index (χ0v) is 18.3. The highest BCUT2D eigenvalue weighted by Gasteiger charge is 2.26. The highest BCUT2D eigenvalue weighted by molar-refractivity contribution is 8.01. The first-order chi connectivity index (χ1) is 14.0. The number of amides is 1. The van der Waals surface area contributed by atoms with E-state index in [2.05, 4.69) is 27.4 Å². The summed E-state index contributed by atoms with van der Waals surface area (Å²) in [5.41, 5.74) is 0.458. The third-order valence-corrected chi connectivity index (χ3v) is 8.11. The number of hydrogen-bond acceptors (Lipinski definition) is 8. The van der Waals surface area contributed by atoms with Crippen LogP contribution >= 0.6 is 23.1 Å². The smallest absolute Gasteiger partial charge is 0.243 e. The molecule has 1 fully saturated rings. The van der Waals surface area contributed by atoms with Gasteiger partial charge < -0.3 is 10.6 Å². The monoisotopic (exact) mass is 453 g/mol. The summed E-state index contributed by atoms with van der Waals surface area (Å²) in [6.07, 6.45) is 4.54. The van der Waals surface area contributed by atoms with Crippen molar-refractivity contribution in [1.29, 1.82) is 0 Å². The molecular weight excluding hydrogens is 430 g/mol. The van der Waals surface area contributed by atoms with E-state index in [9.17, 15) is 13.2 Å². The molecule has 3 rings (SSSR count). The number of thioether (sulfide) groups is 1. The van der Waals surface area contributed by atoms with Crippen molar-refractivity contribution < 1.29 is 13.2 Å². The van der Waals surface area contributed by atoms with Crippen LogP contribution in [0, 0.1) is 0 Å². The summed E-state index contributed by atoms with van der Waals surface area (Å²) in [6.45, 7) is 5.30. The lowest BCUT2D eigenvalue weighted by Gasteiger charge is -2.26. The summed E-state index contributed by atoms with van der Waals surface area (Å²) in [5.74, 6) is -0.0857. The molecule has 1 aromatic heterocycles. The molecule has 8 nitrogen and oxygen atoms in total. The quantitative estimate of drug-likeness (QED) is 0.444. The van der Waals surface area contributed by atoms with Crippen LogP contribution in [0.5, 0.6) is 0 Å². The lowest BCUT2D eigenvalue weighted by molar-refractivity contribution is -0.113. The first-order valence-corrected chi connectivity index (χ1v) is 12.4. The number of piperidine rings is 1. The highest BCUT2D eigenvalue weighted by atomic mass is 32.2. The summed E-state index contributed by atoms with van der Waals surface area (Å²) < 4.78 is 27.8. The Morgan fingerprint density at radius 3 is 2.83 bits per heavy atom. The molecule has 1 aliphatic heterocycles. The molecule has 1 amide bonds. The molecule has 2 N–H and O–H groups in total. The molecule has 1 aromatic carbocycles. The molecule has 2 heterocycles. The molecule has 0 radical (unpaired) electrons. The number of nitrogens with zero attached hydrogens (tertiary/aromatic N) is 3. The number of anilines is 2. The number of carbonyl (C=O) groups excluding carboxylic acids is 1. The summed E-state index contributed by atoms with van der Waals surface area (Å²) in [7, 11) is -3.53. The van der Waals surface area contributed by atoms with E-state index in [0.717, 1.165) is 19.3 Å². The fourth-order valence-electron chi connectivity index (χ4n) is 2.81. The number of nitrogens with one attached hydrogen (secondary N) is 2. The van der Waals surface area contributed by atoms with E-state index in [4.69, 9.17) is 0 Å². The number of hydrogen-bond donors (Lipinski definition) is 2. The topological polar surface area (TPSA) is 104 Å². The summed E-state index contributed by atoms with van der Waals surface area (Å²) in [6, 6.07) is 6.39. The number of benzene rings is 1. The molecule has 2 aromatic rings. The van der Waals surface area contributed by atoms with Gasteiger partial charge in [-0.05, 0) is 31.0 Å². The summed E-state index contributed by atoms with van der Waals surface area (Å²) in [5, 5.41) is 14.5. The van der Waals surface area contributed by atoms with E-state index >= 15 is 0 Å². The Kier molecular flexibility index (Phi) is 7.64. The van der Waals surface area contributed by atoms with Gasteiger partial charge in [-0.2, -0.15) is 4.31 Å². The van der Waals surface area contributed by atoms with E-state index in [1.165, 1.54) is 33.5 Å². The van der Waals surface area contributed by atoms with Crippen LogP contribution in [-0.2, 0) is 14.8 Å². The molecule has 0 atom stereocenters. The second kappa shape index (κ2) is 10.2. The molecule has 1 aliphatic rings. The van der Waals surface area contributed by atoms with Crippen LogP contribution in [0.4, 0.5) is 10.8 Å². The van der Waals surface area contributed by atoms with Gasteiger partial charge in [0.1, 0.15) is 0 Å². The predicted molar refractivity (Wildman–Crippen MR) is 117 cm³/mol. The zero-order valence-electron chi connectivity index (χ0n) is 15.8. The van der Waals surface area contributed by atoms with Gasteiger partial charge in [-0.1, -0.05) is 41.7 Å². The van der Waals surface area contributed by atoms with Crippen molar-refractivity contribution in [1.82, 2.24) is 14.5 Å². The maximum Gasteiger partial charge on any atom is 0.243 e. The Balaban J connectivity index is 1.57. The highest BCUT2D eigenvalue weighted by Crippen LogP contribution is 2.26. The van der Waals surface area contributed by atoms with Crippen LogP contribution in [0.3, 0.4) is 0 Å². The third-order valence-electron chi connectivity index (χ3n) is 4.20. The van der Waals surface area contributed by atoms with Crippen LogP contribution in [0.2, 0.25) is 0 Å². The van der Waals surface area contributed by atoms with Crippen molar-refractivity contribution in [2.45, 2.75) is 28.5 Å². The van der Waals surface area contributed by atoms with Gasteiger partial charge in [0.2, 0.25) is 21.1 Å². The van der Waals surface area contributed by atoms with E-state index in [0.29, 0.717) is 34.8 Å². The average molecular weight is 454 g/mol. The SMILES string of the molecule is C=CCNc1nnc(SCC(=O)Nc2cccc(S(=O)(=O)N3CCCCC3)c2)s1. The van der Waals surface area contributed by atoms with Gasteiger partial charge in [-0.25, -0.2) is 8.42 Å². The predicted octanol–water partition coefficient (Wildman–Crippen LogP) is 3.04. The van der Waals surface area contributed by atoms with Gasteiger partial charge in [-0.3, -0.25) is 4.79 Å². The molecule has 0 bridgehead atoms. The Morgan fingerprint density at radius 1 is 1.28 bits per heavy atom. The molecule has 0 saturated carbocycles. The number of rotatable bonds is 9. The molecule has 0 unspecified atom stereocenters. The van der Waals surface area contributed by atoms with E-state index in [1.54, 1.807) is 24.3 Å². The fraction of sp³-hybridized carbons (Fsp3) is 0.389. The maximum absolute atomic E-state index is 12.8. The maximum atomic E-state index is 12.8. The molecule has 156 valence electrons. The zero-order chi connectivity index (χ0) is 20.7. The number of carbonyl (C=O) groups is 1. The minimum atomic E-state index is -3.53. The second-order valence-corrected chi connectivity index (χ2v) is 10.5. The van der Waals surface area contributed by atoms with Gasteiger partial charge in [0.25, 0.3) is 0 Å². The molecule has 1 saturated heterocycles. The average Bonchev–Trinajstić information content (AvgIpc) is 3.19. The van der Waals surface area contributed by atoms with Gasteiger partial charge in [0.15, 0.2) is 4.34 Å². The van der Waals surface area contributed by atoms with Crippen LogP contribution in [0.1, 0.15) is 19.3 Å². The van der Waals surface area contributed by atoms with Crippen LogP contribution in [0.25, 0.3) is 0 Å².